The lowest BCUT2D eigenvalue weighted by Gasteiger charge is -2.10. The number of benzene rings is 2. The molecule has 0 atom stereocenters. The minimum absolute atomic E-state index is 0.114. The zero-order valence-electron chi connectivity index (χ0n) is 12.8. The van der Waals surface area contributed by atoms with E-state index >= 15 is 0 Å². The second-order valence-electron chi connectivity index (χ2n) is 5.03. The normalized spacial score (nSPS) is 10.8. The third-order valence-electron chi connectivity index (χ3n) is 3.61. The Labute approximate surface area is 163 Å². The lowest BCUT2D eigenvalue weighted by atomic mass is 9.99. The maximum atomic E-state index is 14.4. The van der Waals surface area contributed by atoms with E-state index in [2.05, 4.69) is 31.9 Å². The Hall–Kier alpha value is -1.57. The molecule has 0 aliphatic rings. The van der Waals surface area contributed by atoms with Gasteiger partial charge in [0.2, 0.25) is 0 Å². The summed E-state index contributed by atoms with van der Waals surface area (Å²) in [4.78, 5) is 12.7. The fourth-order valence-corrected chi connectivity index (χ4v) is 4.92. The van der Waals surface area contributed by atoms with Gasteiger partial charge in [0, 0.05) is 21.6 Å². The van der Waals surface area contributed by atoms with E-state index < -0.39 is 17.6 Å². The number of carbonyl (C=O) groups is 1. The standard InChI is InChI=1S/C18H10Br2F2O2S/c1-24-18(23)10-6-3-2-5-9(10)16-13(14(19)17(20)25-16)11-7-4-8-12(21)15(11)22/h2-8H,1H3. The Bertz CT molecular complexity index is 970. The number of methoxy groups -OCH3 is 1. The molecule has 0 spiro atoms. The van der Waals surface area contributed by atoms with Gasteiger partial charge in [-0.15, -0.1) is 11.3 Å². The van der Waals surface area contributed by atoms with E-state index in [9.17, 15) is 13.6 Å². The number of halogens is 4. The number of esters is 1. The van der Waals surface area contributed by atoms with Crippen LogP contribution >= 0.6 is 43.2 Å². The monoisotopic (exact) mass is 486 g/mol. The van der Waals surface area contributed by atoms with E-state index in [4.69, 9.17) is 4.74 Å². The van der Waals surface area contributed by atoms with Crippen molar-refractivity contribution >= 4 is 49.2 Å². The van der Waals surface area contributed by atoms with Gasteiger partial charge in [-0.3, -0.25) is 0 Å². The summed E-state index contributed by atoms with van der Waals surface area (Å²) in [5, 5.41) is 0. The molecule has 25 heavy (non-hydrogen) atoms. The van der Waals surface area contributed by atoms with Crippen molar-refractivity contribution in [2.45, 2.75) is 0 Å². The van der Waals surface area contributed by atoms with Crippen LogP contribution in [0.1, 0.15) is 10.4 Å². The highest BCUT2D eigenvalue weighted by Crippen LogP contribution is 2.49. The van der Waals surface area contributed by atoms with Gasteiger partial charge in [-0.05, 0) is 44.0 Å². The first-order chi connectivity index (χ1) is 12.0. The lowest BCUT2D eigenvalue weighted by molar-refractivity contribution is 0.0601. The highest BCUT2D eigenvalue weighted by atomic mass is 79.9. The molecule has 0 radical (unpaired) electrons. The number of hydrogen-bond donors (Lipinski definition) is 0. The number of rotatable bonds is 3. The minimum atomic E-state index is -0.940. The highest BCUT2D eigenvalue weighted by molar-refractivity contribution is 9.13. The second kappa shape index (κ2) is 7.35. The van der Waals surface area contributed by atoms with Crippen LogP contribution in [-0.4, -0.2) is 13.1 Å². The van der Waals surface area contributed by atoms with Gasteiger partial charge in [0.1, 0.15) is 0 Å². The average Bonchev–Trinajstić information content (AvgIpc) is 2.91. The van der Waals surface area contributed by atoms with Gasteiger partial charge in [0.25, 0.3) is 0 Å². The molecule has 0 N–H and O–H groups in total. The third-order valence-corrected chi connectivity index (χ3v) is 7.09. The van der Waals surface area contributed by atoms with E-state index in [0.717, 1.165) is 6.07 Å². The summed E-state index contributed by atoms with van der Waals surface area (Å²) in [7, 11) is 1.30. The van der Waals surface area contributed by atoms with Gasteiger partial charge < -0.3 is 4.74 Å². The van der Waals surface area contributed by atoms with E-state index in [1.807, 2.05) is 0 Å². The summed E-state index contributed by atoms with van der Waals surface area (Å²) >= 11 is 8.17. The summed E-state index contributed by atoms with van der Waals surface area (Å²) < 4.78 is 34.3. The molecule has 2 nitrogen and oxygen atoms in total. The predicted octanol–water partition coefficient (Wildman–Crippen LogP) is 6.67. The van der Waals surface area contributed by atoms with E-state index in [1.165, 1.54) is 30.6 Å². The largest absolute Gasteiger partial charge is 0.465 e. The van der Waals surface area contributed by atoms with Crippen molar-refractivity contribution in [3.63, 3.8) is 0 Å². The third kappa shape index (κ3) is 3.28. The molecule has 0 aliphatic carbocycles. The molecule has 0 bridgehead atoms. The van der Waals surface area contributed by atoms with Crippen LogP contribution in [0, 0.1) is 11.6 Å². The first-order valence-corrected chi connectivity index (χ1v) is 9.45. The summed E-state index contributed by atoms with van der Waals surface area (Å²) in [6.07, 6.45) is 0. The van der Waals surface area contributed by atoms with Crippen molar-refractivity contribution in [1.82, 2.24) is 0 Å². The molecule has 0 unspecified atom stereocenters. The smallest absolute Gasteiger partial charge is 0.338 e. The van der Waals surface area contributed by atoms with Gasteiger partial charge in [0.05, 0.1) is 20.9 Å². The molecule has 128 valence electrons. The van der Waals surface area contributed by atoms with Crippen LogP contribution in [0.4, 0.5) is 8.78 Å². The SMILES string of the molecule is COC(=O)c1ccccc1-c1sc(Br)c(Br)c1-c1cccc(F)c1F. The summed E-state index contributed by atoms with van der Waals surface area (Å²) in [5.41, 5.74) is 1.53. The van der Waals surface area contributed by atoms with Crippen LogP contribution in [0.15, 0.2) is 50.7 Å². The molecular formula is C18H10Br2F2O2S. The van der Waals surface area contributed by atoms with Crippen molar-refractivity contribution in [1.29, 1.82) is 0 Å². The highest BCUT2D eigenvalue weighted by Gasteiger charge is 2.24. The molecule has 0 saturated heterocycles. The molecule has 0 amide bonds. The van der Waals surface area contributed by atoms with Crippen LogP contribution < -0.4 is 0 Å². The number of hydrogen-bond acceptors (Lipinski definition) is 3. The molecule has 3 aromatic rings. The van der Waals surface area contributed by atoms with Crippen molar-refractivity contribution in [2.24, 2.45) is 0 Å². The van der Waals surface area contributed by atoms with Crippen LogP contribution in [0.25, 0.3) is 21.6 Å². The Kier molecular flexibility index (Phi) is 5.36. The molecular weight excluding hydrogens is 478 g/mol. The molecule has 3 rings (SSSR count). The number of thiophene rings is 1. The Morgan fingerprint density at radius 1 is 1.04 bits per heavy atom. The molecule has 0 fully saturated rings. The molecule has 7 heteroatoms. The first-order valence-electron chi connectivity index (χ1n) is 7.05. The minimum Gasteiger partial charge on any atom is -0.465 e. The van der Waals surface area contributed by atoms with Crippen molar-refractivity contribution < 1.29 is 18.3 Å². The average molecular weight is 488 g/mol. The summed E-state index contributed by atoms with van der Waals surface area (Å²) in [5.74, 6) is -2.37. The maximum Gasteiger partial charge on any atom is 0.338 e. The molecule has 1 heterocycles. The predicted molar refractivity (Wildman–Crippen MR) is 102 cm³/mol. The number of ether oxygens (including phenoxy) is 1. The van der Waals surface area contributed by atoms with Gasteiger partial charge in [-0.25, -0.2) is 13.6 Å². The molecule has 0 aliphatic heterocycles. The van der Waals surface area contributed by atoms with Gasteiger partial charge in [0.15, 0.2) is 11.6 Å². The molecule has 1 aromatic heterocycles. The Morgan fingerprint density at radius 3 is 2.44 bits per heavy atom. The van der Waals surface area contributed by atoms with Crippen molar-refractivity contribution in [3.05, 3.63) is 67.9 Å². The fourth-order valence-electron chi connectivity index (χ4n) is 2.48. The summed E-state index contributed by atoms with van der Waals surface area (Å²) in [6, 6.07) is 10.9. The van der Waals surface area contributed by atoms with Gasteiger partial charge in [-0.2, -0.15) is 0 Å². The maximum absolute atomic E-state index is 14.4. The van der Waals surface area contributed by atoms with Gasteiger partial charge in [-0.1, -0.05) is 30.3 Å². The van der Waals surface area contributed by atoms with Crippen LogP contribution in [-0.2, 0) is 4.74 Å². The topological polar surface area (TPSA) is 26.3 Å². The molecule has 0 saturated carbocycles. The zero-order valence-corrected chi connectivity index (χ0v) is 16.8. The first kappa shape index (κ1) is 18.2. The van der Waals surface area contributed by atoms with Crippen LogP contribution in [0.3, 0.4) is 0 Å². The van der Waals surface area contributed by atoms with Crippen LogP contribution in [0.5, 0.6) is 0 Å². The second-order valence-corrected chi connectivity index (χ2v) is 8.16. The van der Waals surface area contributed by atoms with E-state index in [-0.39, 0.29) is 5.56 Å². The summed E-state index contributed by atoms with van der Waals surface area (Å²) in [6.45, 7) is 0. The van der Waals surface area contributed by atoms with Gasteiger partial charge >= 0.3 is 5.97 Å². The fraction of sp³-hybridized carbons (Fsp3) is 0.0556. The quantitative estimate of drug-likeness (QED) is 0.385. The van der Waals surface area contributed by atoms with E-state index in [1.54, 1.807) is 24.3 Å². The van der Waals surface area contributed by atoms with Crippen molar-refractivity contribution in [3.8, 4) is 21.6 Å². The van der Waals surface area contributed by atoms with Crippen molar-refractivity contribution in [2.75, 3.05) is 7.11 Å². The lowest BCUT2D eigenvalue weighted by Crippen LogP contribution is -2.03. The zero-order chi connectivity index (χ0) is 18.1. The Balaban J connectivity index is 2.33. The molecule has 2 aromatic carbocycles. The Morgan fingerprint density at radius 2 is 1.72 bits per heavy atom. The number of carbonyl (C=O) groups excluding carboxylic acids is 1. The van der Waals surface area contributed by atoms with E-state index in [0.29, 0.717) is 29.8 Å². The van der Waals surface area contributed by atoms with Crippen LogP contribution in [0.2, 0.25) is 0 Å².